The van der Waals surface area contributed by atoms with Crippen molar-refractivity contribution >= 4 is 46.4 Å². The standard InChI is InChI=1S/C30H35N9O2/c1-19-13-14-25(18-31-19)38(2)28(41)20-8-5-9-22(15-20)35-30-37-29-34-24-11-6-10-23(16-24)33-26(40)12-4-3-7-21-17-32-39(30)27(21)36-29/h5-6,8-11,15-17,19,25,31H,3-4,7,12-14,18H2,1-2H3,(H,33,40)(H2,34,35,36,37). The highest BCUT2D eigenvalue weighted by Gasteiger charge is 2.25. The second-order valence-electron chi connectivity index (χ2n) is 10.9. The second-order valence-corrected chi connectivity index (χ2v) is 10.9. The van der Waals surface area contributed by atoms with Gasteiger partial charge in [0.2, 0.25) is 17.8 Å². The Hall–Kier alpha value is -4.51. The van der Waals surface area contributed by atoms with E-state index in [1.54, 1.807) is 10.7 Å². The first-order valence-electron chi connectivity index (χ1n) is 14.2. The number of carbonyl (C=O) groups is 2. The van der Waals surface area contributed by atoms with Gasteiger partial charge in [-0.15, -0.1) is 0 Å². The molecule has 4 bridgehead atoms. The Kier molecular flexibility index (Phi) is 7.51. The molecule has 2 aliphatic rings. The molecule has 11 nitrogen and oxygen atoms in total. The summed E-state index contributed by atoms with van der Waals surface area (Å²) in [6.07, 6.45) is 6.62. The summed E-state index contributed by atoms with van der Waals surface area (Å²) in [6, 6.07) is 15.6. The van der Waals surface area contributed by atoms with Crippen LogP contribution in [0.3, 0.4) is 0 Å². The minimum absolute atomic E-state index is 0.00229. The van der Waals surface area contributed by atoms with E-state index >= 15 is 0 Å². The van der Waals surface area contributed by atoms with Crippen LogP contribution in [0.2, 0.25) is 0 Å². The molecule has 212 valence electrons. The van der Waals surface area contributed by atoms with Crippen LogP contribution in [0.25, 0.3) is 5.65 Å². The van der Waals surface area contributed by atoms with Crippen LogP contribution < -0.4 is 21.3 Å². The Morgan fingerprint density at radius 3 is 2.66 bits per heavy atom. The third-order valence-electron chi connectivity index (χ3n) is 7.81. The van der Waals surface area contributed by atoms with Gasteiger partial charge < -0.3 is 26.2 Å². The Balaban J connectivity index is 1.30. The molecule has 1 fully saturated rings. The molecule has 2 aromatic carbocycles. The second kappa shape index (κ2) is 11.5. The fourth-order valence-corrected chi connectivity index (χ4v) is 5.41. The van der Waals surface area contributed by atoms with E-state index in [4.69, 9.17) is 9.97 Å². The molecular weight excluding hydrogens is 518 g/mol. The number of nitrogens with zero attached hydrogens (tertiary/aromatic N) is 5. The SMILES string of the molecule is CC1CCC(N(C)C(=O)c2cccc(Nc3nc4nc5c(cnn35)CCCCC(=O)Nc3cccc(c3)N4)c2)CN1. The highest BCUT2D eigenvalue weighted by Crippen LogP contribution is 2.25. The molecule has 41 heavy (non-hydrogen) atoms. The van der Waals surface area contributed by atoms with Crippen LogP contribution in [0.4, 0.5) is 29.0 Å². The number of aromatic nitrogens is 4. The first-order valence-corrected chi connectivity index (χ1v) is 14.2. The molecule has 2 aliphatic heterocycles. The number of aryl methyl sites for hydroxylation is 1. The number of amides is 2. The minimum Gasteiger partial charge on any atom is -0.337 e. The molecular formula is C30H35N9O2. The molecule has 6 rings (SSSR count). The predicted octanol–water partition coefficient (Wildman–Crippen LogP) is 4.49. The summed E-state index contributed by atoms with van der Waals surface area (Å²) in [5, 5.41) is 17.7. The molecule has 0 radical (unpaired) electrons. The summed E-state index contributed by atoms with van der Waals surface area (Å²) >= 11 is 0. The molecule has 4 N–H and O–H groups in total. The molecule has 2 aromatic heterocycles. The van der Waals surface area contributed by atoms with E-state index in [1.807, 2.05) is 60.5 Å². The lowest BCUT2D eigenvalue weighted by atomic mass is 10.0. The molecule has 1 saturated heterocycles. The van der Waals surface area contributed by atoms with Crippen LogP contribution in [-0.2, 0) is 11.2 Å². The van der Waals surface area contributed by atoms with Crippen LogP contribution >= 0.6 is 0 Å². The normalized spacial score (nSPS) is 19.2. The van der Waals surface area contributed by atoms with Crippen LogP contribution in [0.5, 0.6) is 0 Å². The van der Waals surface area contributed by atoms with Gasteiger partial charge in [0.05, 0.1) is 6.20 Å². The first kappa shape index (κ1) is 26.7. The molecule has 11 heteroatoms. The van der Waals surface area contributed by atoms with Gasteiger partial charge >= 0.3 is 0 Å². The van der Waals surface area contributed by atoms with Gasteiger partial charge in [0.15, 0.2) is 5.65 Å². The monoisotopic (exact) mass is 553 g/mol. The zero-order chi connectivity index (χ0) is 28.3. The highest BCUT2D eigenvalue weighted by molar-refractivity contribution is 5.95. The number of piperidine rings is 1. The Labute approximate surface area is 238 Å². The van der Waals surface area contributed by atoms with Gasteiger partial charge in [-0.05, 0) is 75.4 Å². The number of fused-ring (bicyclic) bond motifs is 3. The summed E-state index contributed by atoms with van der Waals surface area (Å²) in [7, 11) is 1.88. The molecule has 0 saturated carbocycles. The summed E-state index contributed by atoms with van der Waals surface area (Å²) in [5.74, 6) is 0.856. The van der Waals surface area contributed by atoms with Crippen LogP contribution in [0.1, 0.15) is 54.9 Å². The molecule has 4 heterocycles. The lowest BCUT2D eigenvalue weighted by molar-refractivity contribution is -0.116. The van der Waals surface area contributed by atoms with E-state index in [9.17, 15) is 9.59 Å². The summed E-state index contributed by atoms with van der Waals surface area (Å²) in [6.45, 7) is 2.97. The van der Waals surface area contributed by atoms with Crippen molar-refractivity contribution in [1.82, 2.24) is 29.8 Å². The summed E-state index contributed by atoms with van der Waals surface area (Å²) in [5.41, 5.74) is 4.46. The Morgan fingerprint density at radius 1 is 1.02 bits per heavy atom. The lowest BCUT2D eigenvalue weighted by Gasteiger charge is -2.34. The zero-order valence-corrected chi connectivity index (χ0v) is 23.4. The minimum atomic E-state index is -0.0139. The number of likely N-dealkylation sites (N-methyl/N-ethyl adjacent to an activating group) is 1. The van der Waals surface area contributed by atoms with Crippen molar-refractivity contribution in [2.24, 2.45) is 0 Å². The van der Waals surface area contributed by atoms with E-state index in [1.165, 1.54) is 0 Å². The molecule has 4 aromatic rings. The van der Waals surface area contributed by atoms with Crippen molar-refractivity contribution in [2.75, 3.05) is 29.5 Å². The smallest absolute Gasteiger partial charge is 0.253 e. The third-order valence-corrected chi connectivity index (χ3v) is 7.81. The van der Waals surface area contributed by atoms with Gasteiger partial charge in [0.25, 0.3) is 5.91 Å². The third kappa shape index (κ3) is 5.99. The Morgan fingerprint density at radius 2 is 1.83 bits per heavy atom. The number of hydrogen-bond donors (Lipinski definition) is 4. The van der Waals surface area contributed by atoms with Crippen molar-refractivity contribution in [3.8, 4) is 0 Å². The van der Waals surface area contributed by atoms with E-state index in [0.717, 1.165) is 55.6 Å². The molecule has 0 spiro atoms. The van der Waals surface area contributed by atoms with Crippen molar-refractivity contribution in [2.45, 2.75) is 57.5 Å². The average Bonchev–Trinajstić information content (AvgIpc) is 3.38. The average molecular weight is 554 g/mol. The van der Waals surface area contributed by atoms with Gasteiger partial charge in [-0.2, -0.15) is 19.6 Å². The topological polar surface area (TPSA) is 129 Å². The number of rotatable bonds is 4. The van der Waals surface area contributed by atoms with E-state index in [2.05, 4.69) is 33.3 Å². The first-order chi connectivity index (χ1) is 19.9. The van der Waals surface area contributed by atoms with E-state index in [0.29, 0.717) is 41.3 Å². The maximum atomic E-state index is 13.4. The number of nitrogens with one attached hydrogen (secondary N) is 4. The maximum Gasteiger partial charge on any atom is 0.253 e. The fourth-order valence-electron chi connectivity index (χ4n) is 5.41. The van der Waals surface area contributed by atoms with Gasteiger partial charge in [0, 0.05) is 60.3 Å². The number of benzene rings is 2. The largest absolute Gasteiger partial charge is 0.337 e. The van der Waals surface area contributed by atoms with Crippen molar-refractivity contribution in [3.63, 3.8) is 0 Å². The maximum absolute atomic E-state index is 13.4. The lowest BCUT2D eigenvalue weighted by Crippen LogP contribution is -2.49. The van der Waals surface area contributed by atoms with Crippen LogP contribution in [0.15, 0.2) is 54.7 Å². The van der Waals surface area contributed by atoms with E-state index in [-0.39, 0.29) is 17.9 Å². The summed E-state index contributed by atoms with van der Waals surface area (Å²) in [4.78, 5) is 37.1. The number of anilines is 5. The fraction of sp³-hybridized carbons (Fsp3) is 0.367. The molecule has 2 unspecified atom stereocenters. The van der Waals surface area contributed by atoms with E-state index < -0.39 is 0 Å². The Bertz CT molecular complexity index is 1580. The number of hydrogen-bond acceptors (Lipinski definition) is 8. The van der Waals surface area contributed by atoms with Gasteiger partial charge in [0.1, 0.15) is 0 Å². The van der Waals surface area contributed by atoms with Crippen molar-refractivity contribution in [1.29, 1.82) is 0 Å². The predicted molar refractivity (Wildman–Crippen MR) is 159 cm³/mol. The molecule has 2 amide bonds. The van der Waals surface area contributed by atoms with Gasteiger partial charge in [-0.3, -0.25) is 9.59 Å². The van der Waals surface area contributed by atoms with Crippen LogP contribution in [-0.4, -0.2) is 62.0 Å². The molecule has 0 aliphatic carbocycles. The quantitative estimate of drug-likeness (QED) is 0.291. The van der Waals surface area contributed by atoms with Crippen LogP contribution in [0, 0.1) is 0 Å². The number of carbonyl (C=O) groups excluding carboxylic acids is 2. The summed E-state index contributed by atoms with van der Waals surface area (Å²) < 4.78 is 1.69. The van der Waals surface area contributed by atoms with Crippen molar-refractivity contribution in [3.05, 3.63) is 65.9 Å². The van der Waals surface area contributed by atoms with Gasteiger partial charge in [-0.25, -0.2) is 0 Å². The van der Waals surface area contributed by atoms with Gasteiger partial charge in [-0.1, -0.05) is 12.1 Å². The van der Waals surface area contributed by atoms with Crippen molar-refractivity contribution < 1.29 is 9.59 Å². The molecule has 2 atom stereocenters. The highest BCUT2D eigenvalue weighted by atomic mass is 16.2. The zero-order valence-electron chi connectivity index (χ0n) is 23.4.